The summed E-state index contributed by atoms with van der Waals surface area (Å²) in [7, 11) is 0. The van der Waals surface area contributed by atoms with Crippen LogP contribution in [0.4, 0.5) is 0 Å². The van der Waals surface area contributed by atoms with E-state index in [1.807, 2.05) is 41.3 Å². The molecule has 2 saturated carbocycles. The molecule has 4 fully saturated rings. The van der Waals surface area contributed by atoms with E-state index in [2.05, 4.69) is 48.7 Å². The zero-order valence-corrected chi connectivity index (χ0v) is 37.2. The van der Waals surface area contributed by atoms with Crippen LogP contribution in [-0.4, -0.2) is 97.1 Å². The first-order chi connectivity index (χ1) is 30.3. The van der Waals surface area contributed by atoms with E-state index in [0.29, 0.717) is 37.4 Å². The van der Waals surface area contributed by atoms with Gasteiger partial charge in [-0.1, -0.05) is 139 Å². The maximum atomic E-state index is 14.1. The van der Waals surface area contributed by atoms with Crippen molar-refractivity contribution in [2.24, 2.45) is 11.8 Å². The maximum absolute atomic E-state index is 14.1. The Labute approximate surface area is 369 Å². The van der Waals surface area contributed by atoms with Gasteiger partial charge in [0.15, 0.2) is 0 Å². The maximum Gasteiger partial charge on any atom is 0.254 e. The molecule has 7 rings (SSSR count). The van der Waals surface area contributed by atoms with Crippen LogP contribution < -0.4 is 10.6 Å². The summed E-state index contributed by atoms with van der Waals surface area (Å²) < 4.78 is 12.8. The van der Waals surface area contributed by atoms with Crippen LogP contribution >= 0.6 is 0 Å². The first-order valence-corrected chi connectivity index (χ1v) is 24.0. The third kappa shape index (κ3) is 12.3. The largest absolute Gasteiger partial charge is 0.374 e. The molecule has 10 nitrogen and oxygen atoms in total. The van der Waals surface area contributed by atoms with Gasteiger partial charge in [-0.05, 0) is 61.1 Å². The summed E-state index contributed by atoms with van der Waals surface area (Å²) in [6.45, 7) is 7.02. The van der Waals surface area contributed by atoms with E-state index in [-0.39, 0.29) is 72.8 Å². The van der Waals surface area contributed by atoms with Gasteiger partial charge in [-0.3, -0.25) is 19.2 Å². The molecular weight excluding hydrogens is 777 g/mol. The summed E-state index contributed by atoms with van der Waals surface area (Å²) >= 11 is 0. The summed E-state index contributed by atoms with van der Waals surface area (Å²) in [4.78, 5) is 59.3. The van der Waals surface area contributed by atoms with Gasteiger partial charge in [0.05, 0.1) is 11.8 Å². The minimum atomic E-state index is -0.673. The Hall–Kier alpha value is -4.54. The van der Waals surface area contributed by atoms with Gasteiger partial charge >= 0.3 is 0 Å². The average Bonchev–Trinajstić information content (AvgIpc) is 4.16. The number of nitrogens with one attached hydrogen (secondary N) is 2. The van der Waals surface area contributed by atoms with Crippen molar-refractivity contribution in [3.8, 4) is 0 Å². The fourth-order valence-corrected chi connectivity index (χ4v) is 9.51. The van der Waals surface area contributed by atoms with E-state index in [1.165, 1.54) is 62.5 Å². The van der Waals surface area contributed by atoms with Gasteiger partial charge in [-0.15, -0.1) is 0 Å². The van der Waals surface area contributed by atoms with Crippen molar-refractivity contribution in [1.29, 1.82) is 0 Å². The number of likely N-dealkylation sites (tertiary alicyclic amines) is 2. The number of amides is 4. The molecule has 0 radical (unpaired) electrons. The number of carbonyl (C=O) groups is 4. The molecule has 0 spiro atoms. The second kappa shape index (κ2) is 22.7. The molecule has 0 aromatic heterocycles. The highest BCUT2D eigenvalue weighted by atomic mass is 16.5. The van der Waals surface area contributed by atoms with Gasteiger partial charge < -0.3 is 29.9 Å². The number of rotatable bonds is 24. The van der Waals surface area contributed by atoms with Crippen molar-refractivity contribution in [1.82, 2.24) is 20.4 Å². The Balaban J connectivity index is 0.958. The van der Waals surface area contributed by atoms with E-state index >= 15 is 0 Å². The molecule has 62 heavy (non-hydrogen) atoms. The lowest BCUT2D eigenvalue weighted by Gasteiger charge is -2.19. The molecule has 2 aliphatic heterocycles. The van der Waals surface area contributed by atoms with Gasteiger partial charge in [0.25, 0.3) is 11.8 Å². The Kier molecular flexibility index (Phi) is 16.7. The Morgan fingerprint density at radius 2 is 0.871 bits per heavy atom. The predicted molar refractivity (Wildman–Crippen MR) is 243 cm³/mol. The van der Waals surface area contributed by atoms with Crippen LogP contribution in [0.5, 0.6) is 0 Å². The summed E-state index contributed by atoms with van der Waals surface area (Å²) in [5.41, 5.74) is 3.30. The monoisotopic (exact) mass is 847 g/mol. The normalized spacial score (nSPS) is 25.1. The predicted octanol–water partition coefficient (Wildman–Crippen LogP) is 8.67. The summed E-state index contributed by atoms with van der Waals surface area (Å²) in [5.74, 6) is -1.59. The van der Waals surface area contributed by atoms with Crippen LogP contribution in [0.2, 0.25) is 0 Å². The highest BCUT2D eigenvalue weighted by molar-refractivity contribution is 5.99. The topological polar surface area (TPSA) is 117 Å². The van der Waals surface area contributed by atoms with Crippen LogP contribution in [-0.2, 0) is 19.1 Å². The fraction of sp³-hybridized carbons (Fsp3) is 0.577. The molecule has 2 heterocycles. The van der Waals surface area contributed by atoms with E-state index in [9.17, 15) is 19.2 Å². The molecule has 3 aromatic rings. The van der Waals surface area contributed by atoms with Crippen molar-refractivity contribution in [3.63, 3.8) is 0 Å². The number of ether oxygens (including phenoxy) is 2. The van der Waals surface area contributed by atoms with Crippen molar-refractivity contribution >= 4 is 23.6 Å². The molecule has 4 amide bonds. The van der Waals surface area contributed by atoms with Gasteiger partial charge in [-0.25, -0.2) is 0 Å². The van der Waals surface area contributed by atoms with Crippen molar-refractivity contribution in [2.75, 3.05) is 39.4 Å². The zero-order chi connectivity index (χ0) is 43.3. The molecule has 8 atom stereocenters. The second-order valence-electron chi connectivity index (χ2n) is 18.3. The average molecular weight is 847 g/mol. The van der Waals surface area contributed by atoms with Crippen LogP contribution in [0, 0.1) is 11.8 Å². The molecule has 2 aliphatic carbocycles. The quantitative estimate of drug-likeness (QED) is 0.0873. The highest BCUT2D eigenvalue weighted by Crippen LogP contribution is 2.42. The molecule has 0 unspecified atom stereocenters. The smallest absolute Gasteiger partial charge is 0.254 e. The lowest BCUT2D eigenvalue weighted by atomic mass is 9.94. The molecule has 334 valence electrons. The lowest BCUT2D eigenvalue weighted by molar-refractivity contribution is -0.133. The van der Waals surface area contributed by atoms with Crippen LogP contribution in [0.15, 0.2) is 84.9 Å². The minimum absolute atomic E-state index is 0.00858. The molecule has 10 heteroatoms. The summed E-state index contributed by atoms with van der Waals surface area (Å²) in [6, 6.07) is 27.2. The molecule has 2 saturated heterocycles. The van der Waals surface area contributed by atoms with Crippen LogP contribution in [0.1, 0.15) is 147 Å². The van der Waals surface area contributed by atoms with Crippen molar-refractivity contribution < 1.29 is 28.7 Å². The van der Waals surface area contributed by atoms with E-state index < -0.39 is 11.8 Å². The molecule has 0 bridgehead atoms. The Morgan fingerprint density at radius 3 is 1.27 bits per heavy atom. The first kappa shape index (κ1) is 45.5. The minimum Gasteiger partial charge on any atom is -0.374 e. The molecular formula is C52H70N4O6. The van der Waals surface area contributed by atoms with Gasteiger partial charge in [0.2, 0.25) is 11.8 Å². The number of hydrogen-bond acceptors (Lipinski definition) is 6. The fourth-order valence-electron chi connectivity index (χ4n) is 9.51. The number of benzene rings is 3. The third-order valence-corrected chi connectivity index (χ3v) is 13.5. The summed E-state index contributed by atoms with van der Waals surface area (Å²) in [6.07, 6.45) is 15.6. The Bertz CT molecular complexity index is 1790. The van der Waals surface area contributed by atoms with E-state index in [1.54, 1.807) is 29.2 Å². The SMILES string of the molecule is CCCCCCCCO[C@@H]1CN(C(=O)c2ccc(C(=O)N3C[C@@H](C(=O)N[C@H]4C[C@@H]4c4ccccc4)[C@H](C(=O)N[C@H]4C[C@@H]4c4ccccc4)C3)cc2)C[C@H]1OCCCCCCCC. The lowest BCUT2D eigenvalue weighted by Crippen LogP contribution is -2.43. The van der Waals surface area contributed by atoms with Gasteiger partial charge in [-0.2, -0.15) is 0 Å². The van der Waals surface area contributed by atoms with Gasteiger partial charge in [0.1, 0.15) is 12.2 Å². The number of nitrogens with zero attached hydrogens (tertiary/aromatic N) is 2. The zero-order valence-electron chi connectivity index (χ0n) is 37.2. The van der Waals surface area contributed by atoms with E-state index in [4.69, 9.17) is 9.47 Å². The van der Waals surface area contributed by atoms with E-state index in [0.717, 1.165) is 38.5 Å². The third-order valence-electron chi connectivity index (χ3n) is 13.5. The van der Waals surface area contributed by atoms with Crippen LogP contribution in [0.3, 0.4) is 0 Å². The summed E-state index contributed by atoms with van der Waals surface area (Å²) in [5, 5.41) is 6.43. The molecule has 3 aromatic carbocycles. The number of carbonyl (C=O) groups excluding carboxylic acids is 4. The van der Waals surface area contributed by atoms with Crippen LogP contribution in [0.25, 0.3) is 0 Å². The first-order valence-electron chi connectivity index (χ1n) is 24.0. The van der Waals surface area contributed by atoms with Crippen molar-refractivity contribution in [2.45, 2.75) is 140 Å². The molecule has 2 N–H and O–H groups in total. The molecule has 4 aliphatic rings. The Morgan fingerprint density at radius 1 is 0.500 bits per heavy atom. The second-order valence-corrected chi connectivity index (χ2v) is 18.3. The van der Waals surface area contributed by atoms with Gasteiger partial charge in [0, 0.05) is 74.4 Å². The number of hydrogen-bond donors (Lipinski definition) is 2. The number of unbranched alkanes of at least 4 members (excludes halogenated alkanes) is 10. The standard InChI is InChI=1S/C52H70N4O6/c1-3-5-7-9-11-19-29-61-47-35-56(36-48(47)62-30-20-12-10-8-6-4-2)52(60)40-27-25-39(26-28-40)51(59)55-33-43(49(57)53-45-31-41(45)37-21-15-13-16-22-37)44(34-55)50(58)54-46-32-42(46)38-23-17-14-18-24-38/h13-18,21-28,41-48H,3-12,19-20,29-36H2,1-2H3,(H,53,57)(H,54,58)/t41-,42-,43-,44-,45+,46+,47-,48-/m1/s1. The van der Waals surface area contributed by atoms with Crippen molar-refractivity contribution in [3.05, 3.63) is 107 Å². The highest BCUT2D eigenvalue weighted by Gasteiger charge is 2.49.